The van der Waals surface area contributed by atoms with Crippen LogP contribution in [-0.2, 0) is 0 Å². The predicted octanol–water partition coefficient (Wildman–Crippen LogP) is 2.20. The number of fused-ring (bicyclic) bond motifs is 1. The number of rotatable bonds is 0. The second kappa shape index (κ2) is 3.03. The third kappa shape index (κ3) is 1.26. The molecule has 14 heavy (non-hydrogen) atoms. The molecule has 0 fully saturated rings. The molecule has 2 rings (SSSR count). The van der Waals surface area contributed by atoms with Crippen LogP contribution in [0.3, 0.4) is 0 Å². The van der Waals surface area contributed by atoms with Gasteiger partial charge in [0.25, 0.3) is 5.56 Å². The van der Waals surface area contributed by atoms with Crippen molar-refractivity contribution in [2.75, 3.05) is 0 Å². The van der Waals surface area contributed by atoms with Crippen LogP contribution in [0.15, 0.2) is 23.0 Å². The van der Waals surface area contributed by atoms with Gasteiger partial charge in [0, 0.05) is 10.4 Å². The van der Waals surface area contributed by atoms with Gasteiger partial charge in [0.1, 0.15) is 5.75 Å². The van der Waals surface area contributed by atoms with Gasteiger partial charge < -0.3 is 10.1 Å². The lowest BCUT2D eigenvalue weighted by molar-refractivity contribution is 0.476. The predicted molar refractivity (Wildman–Crippen MR) is 56.0 cm³/mol. The molecule has 0 saturated carbocycles. The number of benzene rings is 1. The SMILES string of the molecule is Cc1c(O)c2cc(Cl)ccc2[nH]c1=O. The molecule has 1 aromatic carbocycles. The first-order valence-corrected chi connectivity index (χ1v) is 4.48. The summed E-state index contributed by atoms with van der Waals surface area (Å²) in [5, 5.41) is 10.8. The Bertz CT molecular complexity index is 560. The minimum atomic E-state index is -0.280. The number of halogens is 1. The van der Waals surface area contributed by atoms with Crippen molar-refractivity contribution in [3.05, 3.63) is 39.1 Å². The molecule has 72 valence electrons. The Morgan fingerprint density at radius 3 is 2.86 bits per heavy atom. The van der Waals surface area contributed by atoms with Gasteiger partial charge in [0.2, 0.25) is 0 Å². The number of pyridine rings is 1. The van der Waals surface area contributed by atoms with Gasteiger partial charge >= 0.3 is 0 Å². The zero-order valence-corrected chi connectivity index (χ0v) is 8.22. The van der Waals surface area contributed by atoms with Crippen LogP contribution in [0.5, 0.6) is 5.75 Å². The Morgan fingerprint density at radius 2 is 2.14 bits per heavy atom. The summed E-state index contributed by atoms with van der Waals surface area (Å²) in [4.78, 5) is 13.9. The molecule has 1 aromatic heterocycles. The van der Waals surface area contributed by atoms with Gasteiger partial charge in [-0.3, -0.25) is 4.79 Å². The van der Waals surface area contributed by atoms with Crippen LogP contribution in [0.4, 0.5) is 0 Å². The lowest BCUT2D eigenvalue weighted by Crippen LogP contribution is -2.08. The van der Waals surface area contributed by atoms with E-state index in [-0.39, 0.29) is 11.3 Å². The quantitative estimate of drug-likeness (QED) is 0.699. The van der Waals surface area contributed by atoms with Crippen LogP contribution in [0, 0.1) is 6.92 Å². The van der Waals surface area contributed by atoms with Crippen molar-refractivity contribution in [1.82, 2.24) is 4.98 Å². The van der Waals surface area contributed by atoms with Crippen molar-refractivity contribution in [1.29, 1.82) is 0 Å². The Balaban J connectivity index is 2.99. The highest BCUT2D eigenvalue weighted by Crippen LogP contribution is 2.26. The molecule has 2 N–H and O–H groups in total. The van der Waals surface area contributed by atoms with Crippen molar-refractivity contribution < 1.29 is 5.11 Å². The lowest BCUT2D eigenvalue weighted by atomic mass is 10.1. The van der Waals surface area contributed by atoms with E-state index in [1.54, 1.807) is 25.1 Å². The molecule has 0 amide bonds. The van der Waals surface area contributed by atoms with E-state index in [1.807, 2.05) is 0 Å². The molecule has 3 nitrogen and oxygen atoms in total. The molecule has 1 heterocycles. The highest BCUT2D eigenvalue weighted by atomic mass is 35.5. The minimum Gasteiger partial charge on any atom is -0.507 e. The highest BCUT2D eigenvalue weighted by molar-refractivity contribution is 6.31. The molecule has 0 atom stereocenters. The van der Waals surface area contributed by atoms with E-state index in [0.717, 1.165) is 0 Å². The molecule has 0 spiro atoms. The molecular formula is C10H8ClNO2. The van der Waals surface area contributed by atoms with Gasteiger partial charge in [0.05, 0.1) is 11.1 Å². The van der Waals surface area contributed by atoms with E-state index >= 15 is 0 Å². The zero-order chi connectivity index (χ0) is 10.3. The first kappa shape index (κ1) is 9.09. The van der Waals surface area contributed by atoms with Crippen molar-refractivity contribution in [3.63, 3.8) is 0 Å². The van der Waals surface area contributed by atoms with E-state index in [1.165, 1.54) is 0 Å². The molecule has 0 unspecified atom stereocenters. The fourth-order valence-electron chi connectivity index (χ4n) is 1.35. The number of aromatic amines is 1. The molecule has 0 bridgehead atoms. The third-order valence-corrected chi connectivity index (χ3v) is 2.42. The summed E-state index contributed by atoms with van der Waals surface area (Å²) in [5.74, 6) is -0.00810. The topological polar surface area (TPSA) is 53.1 Å². The Hall–Kier alpha value is -1.48. The molecule has 0 radical (unpaired) electrons. The molecule has 0 aliphatic rings. The molecule has 0 saturated heterocycles. The van der Waals surface area contributed by atoms with Crippen LogP contribution in [-0.4, -0.2) is 10.1 Å². The first-order valence-electron chi connectivity index (χ1n) is 4.10. The van der Waals surface area contributed by atoms with E-state index in [4.69, 9.17) is 11.6 Å². The van der Waals surface area contributed by atoms with Crippen LogP contribution in [0.2, 0.25) is 5.02 Å². The fourth-order valence-corrected chi connectivity index (χ4v) is 1.52. The maximum atomic E-state index is 11.3. The largest absolute Gasteiger partial charge is 0.507 e. The van der Waals surface area contributed by atoms with Crippen molar-refractivity contribution in [2.45, 2.75) is 6.92 Å². The average molecular weight is 210 g/mol. The van der Waals surface area contributed by atoms with Gasteiger partial charge in [-0.2, -0.15) is 0 Å². The van der Waals surface area contributed by atoms with E-state index in [0.29, 0.717) is 21.5 Å². The smallest absolute Gasteiger partial charge is 0.255 e. The number of hydrogen-bond donors (Lipinski definition) is 2. The number of hydrogen-bond acceptors (Lipinski definition) is 2. The lowest BCUT2D eigenvalue weighted by Gasteiger charge is -2.03. The summed E-state index contributed by atoms with van der Waals surface area (Å²) in [6.07, 6.45) is 0. The third-order valence-electron chi connectivity index (χ3n) is 2.18. The van der Waals surface area contributed by atoms with Crippen molar-refractivity contribution >= 4 is 22.5 Å². The van der Waals surface area contributed by atoms with Crippen LogP contribution < -0.4 is 5.56 Å². The number of nitrogens with one attached hydrogen (secondary N) is 1. The second-order valence-corrected chi connectivity index (χ2v) is 3.55. The van der Waals surface area contributed by atoms with Gasteiger partial charge in [-0.05, 0) is 25.1 Å². The van der Waals surface area contributed by atoms with Crippen molar-refractivity contribution in [2.24, 2.45) is 0 Å². The van der Waals surface area contributed by atoms with Gasteiger partial charge in [-0.25, -0.2) is 0 Å². The van der Waals surface area contributed by atoms with E-state index < -0.39 is 0 Å². The molecule has 0 aliphatic carbocycles. The van der Waals surface area contributed by atoms with Crippen LogP contribution in [0.25, 0.3) is 10.9 Å². The summed E-state index contributed by atoms with van der Waals surface area (Å²) in [5.41, 5.74) is 0.611. The maximum absolute atomic E-state index is 11.3. The standard InChI is InChI=1S/C10H8ClNO2/c1-5-9(13)7-4-6(11)2-3-8(7)12-10(5)14/h2-4H,1H3,(H2,12,13,14). The van der Waals surface area contributed by atoms with Crippen molar-refractivity contribution in [3.8, 4) is 5.75 Å². The second-order valence-electron chi connectivity index (χ2n) is 3.12. The Labute approximate surface area is 85.0 Å². The normalized spacial score (nSPS) is 10.7. The first-order chi connectivity index (χ1) is 6.59. The maximum Gasteiger partial charge on any atom is 0.255 e. The van der Waals surface area contributed by atoms with E-state index in [2.05, 4.69) is 4.98 Å². The number of aromatic nitrogens is 1. The van der Waals surface area contributed by atoms with E-state index in [9.17, 15) is 9.90 Å². The summed E-state index contributed by atoms with van der Waals surface area (Å²) in [6, 6.07) is 4.95. The number of aromatic hydroxyl groups is 1. The monoisotopic (exact) mass is 209 g/mol. The van der Waals surface area contributed by atoms with Gasteiger partial charge in [0.15, 0.2) is 0 Å². The summed E-state index contributed by atoms with van der Waals surface area (Å²) in [6.45, 7) is 1.56. The zero-order valence-electron chi connectivity index (χ0n) is 7.47. The Kier molecular flexibility index (Phi) is 1.97. The van der Waals surface area contributed by atoms with Gasteiger partial charge in [-0.15, -0.1) is 0 Å². The fraction of sp³-hybridized carbons (Fsp3) is 0.100. The summed E-state index contributed by atoms with van der Waals surface area (Å²) >= 11 is 5.78. The average Bonchev–Trinajstić information content (AvgIpc) is 2.16. The Morgan fingerprint density at radius 1 is 1.43 bits per heavy atom. The summed E-state index contributed by atoms with van der Waals surface area (Å²) < 4.78 is 0. The summed E-state index contributed by atoms with van der Waals surface area (Å²) in [7, 11) is 0. The molecule has 2 aromatic rings. The van der Waals surface area contributed by atoms with Crippen LogP contribution >= 0.6 is 11.6 Å². The number of H-pyrrole nitrogens is 1. The minimum absolute atomic E-state index is 0.00810. The molecule has 4 heteroatoms. The van der Waals surface area contributed by atoms with Gasteiger partial charge in [-0.1, -0.05) is 11.6 Å². The molecule has 0 aliphatic heterocycles. The highest BCUT2D eigenvalue weighted by Gasteiger charge is 2.07. The molecular weight excluding hydrogens is 202 g/mol. The van der Waals surface area contributed by atoms with Crippen LogP contribution in [0.1, 0.15) is 5.56 Å².